The van der Waals surface area contributed by atoms with Gasteiger partial charge in [-0.15, -0.1) is 0 Å². The van der Waals surface area contributed by atoms with Crippen molar-refractivity contribution in [3.63, 3.8) is 0 Å². The van der Waals surface area contributed by atoms with E-state index in [4.69, 9.17) is 5.73 Å². The van der Waals surface area contributed by atoms with E-state index in [1.165, 1.54) is 0 Å². The number of aryl methyl sites for hydroxylation is 1. The van der Waals surface area contributed by atoms with Gasteiger partial charge in [-0.25, -0.2) is 9.67 Å². The van der Waals surface area contributed by atoms with Gasteiger partial charge in [0.2, 0.25) is 0 Å². The van der Waals surface area contributed by atoms with Crippen molar-refractivity contribution < 1.29 is 0 Å². The number of anilines is 1. The molecule has 0 bridgehead atoms. The van der Waals surface area contributed by atoms with E-state index >= 15 is 0 Å². The fourth-order valence-corrected chi connectivity index (χ4v) is 2.27. The topological polar surface area (TPSA) is 74.5 Å². The van der Waals surface area contributed by atoms with Gasteiger partial charge in [-0.3, -0.25) is 4.68 Å². The van der Waals surface area contributed by atoms with E-state index < -0.39 is 0 Å². The van der Waals surface area contributed by atoms with Crippen LogP contribution in [-0.2, 0) is 13.1 Å². The second-order valence-electron chi connectivity index (χ2n) is 4.95. The van der Waals surface area contributed by atoms with Crippen LogP contribution in [0.5, 0.6) is 0 Å². The van der Waals surface area contributed by atoms with Gasteiger partial charge in [-0.05, 0) is 24.1 Å². The fourth-order valence-electron chi connectivity index (χ4n) is 2.27. The van der Waals surface area contributed by atoms with Gasteiger partial charge >= 0.3 is 0 Å². The monoisotopic (exact) mass is 282 g/mol. The minimum atomic E-state index is 0.613. The molecule has 108 valence electrons. The van der Waals surface area contributed by atoms with Gasteiger partial charge in [0.25, 0.3) is 0 Å². The number of hydrogen-bond donors (Lipinski definition) is 1. The summed E-state index contributed by atoms with van der Waals surface area (Å²) in [6.45, 7) is 3.61. The van der Waals surface area contributed by atoms with Crippen LogP contribution in [0.4, 0.5) is 5.69 Å². The van der Waals surface area contributed by atoms with E-state index in [1.807, 2.05) is 46.0 Å². The summed E-state index contributed by atoms with van der Waals surface area (Å²) in [4.78, 5) is 4.30. The third-order valence-corrected chi connectivity index (χ3v) is 3.29. The summed E-state index contributed by atoms with van der Waals surface area (Å²) in [7, 11) is 0. The van der Waals surface area contributed by atoms with Crippen LogP contribution in [0.2, 0.25) is 0 Å². The number of rotatable bonds is 5. The van der Waals surface area contributed by atoms with E-state index in [9.17, 15) is 0 Å². The maximum atomic E-state index is 5.82. The van der Waals surface area contributed by atoms with Gasteiger partial charge in [0, 0.05) is 24.0 Å². The first-order valence-corrected chi connectivity index (χ1v) is 7.01. The normalized spacial score (nSPS) is 10.9. The third kappa shape index (κ3) is 2.94. The Balaban J connectivity index is 1.80. The molecule has 0 saturated carbocycles. The lowest BCUT2D eigenvalue weighted by molar-refractivity contribution is 0.539. The molecule has 0 aliphatic rings. The second-order valence-corrected chi connectivity index (χ2v) is 4.95. The summed E-state index contributed by atoms with van der Waals surface area (Å²) in [5.74, 6) is 0.916. The molecule has 0 saturated heterocycles. The van der Waals surface area contributed by atoms with E-state index in [0.717, 1.165) is 35.6 Å². The minimum Gasteiger partial charge on any atom is -0.399 e. The predicted molar refractivity (Wildman–Crippen MR) is 81.5 cm³/mol. The number of nitrogens with zero attached hydrogens (tertiary/aromatic N) is 5. The first-order valence-electron chi connectivity index (χ1n) is 7.01. The second kappa shape index (κ2) is 5.78. The maximum absolute atomic E-state index is 5.82. The molecular weight excluding hydrogens is 264 g/mol. The molecule has 0 unspecified atom stereocenters. The Morgan fingerprint density at radius 3 is 2.90 bits per heavy atom. The quantitative estimate of drug-likeness (QED) is 0.728. The van der Waals surface area contributed by atoms with E-state index in [-0.39, 0.29) is 0 Å². The molecule has 0 radical (unpaired) electrons. The molecule has 2 aromatic heterocycles. The molecular formula is C15H18N6. The SMILES string of the molecule is CCCn1ncnc1Cn1cc(-c2cccc(N)c2)cn1. The highest BCUT2D eigenvalue weighted by Crippen LogP contribution is 2.20. The lowest BCUT2D eigenvalue weighted by atomic mass is 10.1. The molecule has 2 N–H and O–H groups in total. The molecule has 0 aliphatic heterocycles. The average molecular weight is 282 g/mol. The molecule has 0 aliphatic carbocycles. The van der Waals surface area contributed by atoms with E-state index in [0.29, 0.717) is 6.54 Å². The molecule has 2 heterocycles. The zero-order valence-electron chi connectivity index (χ0n) is 12.0. The van der Waals surface area contributed by atoms with Crippen molar-refractivity contribution in [3.05, 3.63) is 48.8 Å². The predicted octanol–water partition coefficient (Wildman–Crippen LogP) is 2.18. The average Bonchev–Trinajstić information content (AvgIpc) is 3.10. The number of benzene rings is 1. The van der Waals surface area contributed by atoms with Gasteiger partial charge in [-0.1, -0.05) is 19.1 Å². The largest absolute Gasteiger partial charge is 0.399 e. The molecule has 1 aromatic carbocycles. The summed E-state index contributed by atoms with van der Waals surface area (Å²) in [6, 6.07) is 7.79. The molecule has 21 heavy (non-hydrogen) atoms. The van der Waals surface area contributed by atoms with Crippen LogP contribution in [0.3, 0.4) is 0 Å². The zero-order valence-corrected chi connectivity index (χ0v) is 12.0. The van der Waals surface area contributed by atoms with Crippen molar-refractivity contribution in [2.24, 2.45) is 0 Å². The van der Waals surface area contributed by atoms with Gasteiger partial charge < -0.3 is 5.73 Å². The Morgan fingerprint density at radius 1 is 1.19 bits per heavy atom. The highest BCUT2D eigenvalue weighted by Gasteiger charge is 2.07. The molecule has 3 rings (SSSR count). The zero-order chi connectivity index (χ0) is 14.7. The van der Waals surface area contributed by atoms with Crippen molar-refractivity contribution in [3.8, 4) is 11.1 Å². The van der Waals surface area contributed by atoms with Crippen LogP contribution in [0.1, 0.15) is 19.2 Å². The Morgan fingerprint density at radius 2 is 2.10 bits per heavy atom. The Kier molecular flexibility index (Phi) is 3.68. The van der Waals surface area contributed by atoms with Crippen molar-refractivity contribution in [1.29, 1.82) is 0 Å². The van der Waals surface area contributed by atoms with Crippen LogP contribution in [0, 0.1) is 0 Å². The van der Waals surface area contributed by atoms with Crippen LogP contribution in [0.25, 0.3) is 11.1 Å². The van der Waals surface area contributed by atoms with Gasteiger partial charge in [0.1, 0.15) is 18.7 Å². The Labute approximate surface area is 123 Å². The fraction of sp³-hybridized carbons (Fsp3) is 0.267. The Hall–Kier alpha value is -2.63. The van der Waals surface area contributed by atoms with Crippen LogP contribution >= 0.6 is 0 Å². The highest BCUT2D eigenvalue weighted by atomic mass is 15.4. The molecule has 3 aromatic rings. The number of nitrogens with two attached hydrogens (primary N) is 1. The van der Waals surface area contributed by atoms with Crippen molar-refractivity contribution in [2.45, 2.75) is 26.4 Å². The lowest BCUT2D eigenvalue weighted by Crippen LogP contribution is -2.10. The molecule has 0 atom stereocenters. The smallest absolute Gasteiger partial charge is 0.148 e. The summed E-state index contributed by atoms with van der Waals surface area (Å²) in [5.41, 5.74) is 8.68. The van der Waals surface area contributed by atoms with E-state index in [2.05, 4.69) is 22.1 Å². The molecule has 0 spiro atoms. The first kappa shape index (κ1) is 13.4. The standard InChI is InChI=1S/C15H18N6/c1-2-6-21-15(17-11-19-21)10-20-9-13(8-18-20)12-4-3-5-14(16)7-12/h3-5,7-9,11H,2,6,10,16H2,1H3. The molecule has 0 fully saturated rings. The summed E-state index contributed by atoms with van der Waals surface area (Å²) in [5, 5.41) is 8.62. The first-order chi connectivity index (χ1) is 10.3. The van der Waals surface area contributed by atoms with Crippen LogP contribution < -0.4 is 5.73 Å². The van der Waals surface area contributed by atoms with Gasteiger partial charge in [-0.2, -0.15) is 10.2 Å². The van der Waals surface area contributed by atoms with Crippen molar-refractivity contribution >= 4 is 5.69 Å². The molecule has 6 heteroatoms. The summed E-state index contributed by atoms with van der Waals surface area (Å²) in [6.07, 6.45) is 6.46. The highest BCUT2D eigenvalue weighted by molar-refractivity contribution is 5.65. The number of nitrogen functional groups attached to an aromatic ring is 1. The molecule has 0 amide bonds. The third-order valence-electron chi connectivity index (χ3n) is 3.29. The minimum absolute atomic E-state index is 0.613. The maximum Gasteiger partial charge on any atom is 0.148 e. The van der Waals surface area contributed by atoms with Crippen molar-refractivity contribution in [1.82, 2.24) is 24.5 Å². The lowest BCUT2D eigenvalue weighted by Gasteiger charge is -2.04. The van der Waals surface area contributed by atoms with Crippen LogP contribution in [-0.4, -0.2) is 24.5 Å². The Bertz CT molecular complexity index is 727. The van der Waals surface area contributed by atoms with Crippen molar-refractivity contribution in [2.75, 3.05) is 5.73 Å². The van der Waals surface area contributed by atoms with E-state index in [1.54, 1.807) is 6.33 Å². The molecule has 6 nitrogen and oxygen atoms in total. The van der Waals surface area contributed by atoms with Gasteiger partial charge in [0.15, 0.2) is 0 Å². The summed E-state index contributed by atoms with van der Waals surface area (Å²) >= 11 is 0. The van der Waals surface area contributed by atoms with Crippen LogP contribution in [0.15, 0.2) is 43.0 Å². The number of hydrogen-bond acceptors (Lipinski definition) is 4. The van der Waals surface area contributed by atoms with Gasteiger partial charge in [0.05, 0.1) is 6.20 Å². The summed E-state index contributed by atoms with van der Waals surface area (Å²) < 4.78 is 3.79. The number of aromatic nitrogens is 5.